The first-order chi connectivity index (χ1) is 12.2. The molecule has 0 unspecified atom stereocenters. The van der Waals surface area contributed by atoms with Gasteiger partial charge in [-0.05, 0) is 51.2 Å². The lowest BCUT2D eigenvalue weighted by Crippen LogP contribution is -2.24. The summed E-state index contributed by atoms with van der Waals surface area (Å²) in [5.74, 6) is 0.664. The molecular weight excluding hydrogens is 360 g/mol. The topological polar surface area (TPSA) is 78.9 Å². The molecule has 0 fully saturated rings. The smallest absolute Gasteiger partial charge is 0.315 e. The maximum atomic E-state index is 11.4. The standard InChI is InChI=1S/C11H16O4.C10H16O2.CH4/c1-7-5-9(12)15-8(7)6-14-10(13)11(2,3)4;1-7-5-9(11)12-8(7)6-10(2,3)4;/h5-6H2,1-4H3;5-6H2,1-4H3;1H4. The van der Waals surface area contributed by atoms with E-state index < -0.39 is 5.41 Å². The highest BCUT2D eigenvalue weighted by molar-refractivity contribution is 5.78. The van der Waals surface area contributed by atoms with Crippen LogP contribution in [0.2, 0.25) is 0 Å². The highest BCUT2D eigenvalue weighted by Gasteiger charge is 2.26. The van der Waals surface area contributed by atoms with Gasteiger partial charge in [0.25, 0.3) is 0 Å². The monoisotopic (exact) mass is 396 g/mol. The summed E-state index contributed by atoms with van der Waals surface area (Å²) in [6.07, 6.45) is 1.62. The highest BCUT2D eigenvalue weighted by Crippen LogP contribution is 2.31. The van der Waals surface area contributed by atoms with Crippen LogP contribution in [0, 0.1) is 10.8 Å². The number of cyclic esters (lactones) is 2. The van der Waals surface area contributed by atoms with Gasteiger partial charge in [0.05, 0.1) is 18.3 Å². The Morgan fingerprint density at radius 3 is 1.64 bits per heavy atom. The number of carbonyl (C=O) groups is 3. The van der Waals surface area contributed by atoms with E-state index in [9.17, 15) is 14.4 Å². The molecule has 0 aromatic carbocycles. The molecular formula is C22H36O6. The van der Waals surface area contributed by atoms with Crippen LogP contribution < -0.4 is 0 Å². The van der Waals surface area contributed by atoms with E-state index in [1.807, 2.05) is 6.92 Å². The summed E-state index contributed by atoms with van der Waals surface area (Å²) >= 11 is 0. The summed E-state index contributed by atoms with van der Waals surface area (Å²) in [4.78, 5) is 33.2. The van der Waals surface area contributed by atoms with Crippen molar-refractivity contribution >= 4 is 17.9 Å². The molecule has 0 saturated carbocycles. The van der Waals surface area contributed by atoms with Crippen LogP contribution in [-0.2, 0) is 28.6 Å². The normalized spacial score (nSPS) is 16.9. The van der Waals surface area contributed by atoms with Crippen molar-refractivity contribution in [3.63, 3.8) is 0 Å². The summed E-state index contributed by atoms with van der Waals surface area (Å²) in [5.41, 5.74) is 1.59. The number of ether oxygens (including phenoxy) is 3. The van der Waals surface area contributed by atoms with Gasteiger partial charge in [0.1, 0.15) is 18.1 Å². The zero-order chi connectivity index (χ0) is 21.0. The van der Waals surface area contributed by atoms with E-state index in [1.54, 1.807) is 27.7 Å². The predicted octanol–water partition coefficient (Wildman–Crippen LogP) is 5.08. The first kappa shape index (κ1) is 25.9. The molecule has 0 amide bonds. The van der Waals surface area contributed by atoms with E-state index in [4.69, 9.17) is 14.2 Å². The van der Waals surface area contributed by atoms with Crippen molar-refractivity contribution in [1.29, 1.82) is 0 Å². The molecule has 2 heterocycles. The van der Waals surface area contributed by atoms with Crippen LogP contribution in [0.5, 0.6) is 0 Å². The van der Waals surface area contributed by atoms with E-state index in [1.165, 1.54) is 0 Å². The summed E-state index contributed by atoms with van der Waals surface area (Å²) < 4.78 is 15.0. The van der Waals surface area contributed by atoms with Crippen LogP contribution in [0.3, 0.4) is 0 Å². The first-order valence-corrected chi connectivity index (χ1v) is 9.15. The lowest BCUT2D eigenvalue weighted by atomic mass is 9.90. The van der Waals surface area contributed by atoms with E-state index >= 15 is 0 Å². The molecule has 0 aliphatic carbocycles. The largest absolute Gasteiger partial charge is 0.457 e. The van der Waals surface area contributed by atoms with Gasteiger partial charge in [-0.1, -0.05) is 28.2 Å². The Morgan fingerprint density at radius 1 is 0.893 bits per heavy atom. The summed E-state index contributed by atoms with van der Waals surface area (Å²) in [6.45, 7) is 15.6. The SMILES string of the molecule is C.CC1=C(CC(C)(C)C)OC(=O)C1.CC1=C(COC(=O)C(C)(C)C)OC(=O)C1. The molecule has 0 aromatic rings. The zero-order valence-corrected chi connectivity index (χ0v) is 17.8. The van der Waals surface area contributed by atoms with Gasteiger partial charge in [0.2, 0.25) is 0 Å². The molecule has 0 radical (unpaired) electrons. The van der Waals surface area contributed by atoms with Crippen LogP contribution in [0.15, 0.2) is 22.7 Å². The van der Waals surface area contributed by atoms with Gasteiger partial charge in [-0.15, -0.1) is 0 Å². The second-order valence-corrected chi connectivity index (χ2v) is 9.27. The number of rotatable bonds is 3. The third-order valence-electron chi connectivity index (χ3n) is 3.88. The van der Waals surface area contributed by atoms with E-state index in [0.29, 0.717) is 18.6 Å². The van der Waals surface area contributed by atoms with Crippen molar-refractivity contribution in [3.8, 4) is 0 Å². The lowest BCUT2D eigenvalue weighted by Gasteiger charge is -2.18. The van der Waals surface area contributed by atoms with Crippen LogP contribution in [-0.4, -0.2) is 24.5 Å². The Labute approximate surface area is 169 Å². The second kappa shape index (κ2) is 9.89. The summed E-state index contributed by atoms with van der Waals surface area (Å²) in [5, 5.41) is 0. The van der Waals surface area contributed by atoms with Crippen molar-refractivity contribution in [1.82, 2.24) is 0 Å². The third kappa shape index (κ3) is 8.72. The average molecular weight is 397 g/mol. The molecule has 6 heteroatoms. The Morgan fingerprint density at radius 2 is 1.32 bits per heavy atom. The molecule has 2 aliphatic rings. The van der Waals surface area contributed by atoms with Gasteiger partial charge in [-0.2, -0.15) is 0 Å². The van der Waals surface area contributed by atoms with Crippen LogP contribution in [0.25, 0.3) is 0 Å². The minimum atomic E-state index is -0.531. The van der Waals surface area contributed by atoms with Gasteiger partial charge in [0.15, 0.2) is 0 Å². The highest BCUT2D eigenvalue weighted by atomic mass is 16.6. The first-order valence-electron chi connectivity index (χ1n) is 9.15. The quantitative estimate of drug-likeness (QED) is 0.489. The number of carbonyl (C=O) groups excluding carboxylic acids is 3. The maximum absolute atomic E-state index is 11.4. The molecule has 28 heavy (non-hydrogen) atoms. The Balaban J connectivity index is 0.000000514. The molecule has 0 N–H and O–H groups in total. The van der Waals surface area contributed by atoms with E-state index in [-0.39, 0.29) is 37.4 Å². The number of hydrogen-bond donors (Lipinski definition) is 0. The van der Waals surface area contributed by atoms with Crippen molar-refractivity contribution in [2.24, 2.45) is 10.8 Å². The number of allylic oxidation sites excluding steroid dienone is 1. The Hall–Kier alpha value is -2.11. The second-order valence-electron chi connectivity index (χ2n) is 9.27. The molecule has 0 bridgehead atoms. The Bertz CT molecular complexity index is 668. The van der Waals surface area contributed by atoms with Gasteiger partial charge in [-0.3, -0.25) is 14.4 Å². The van der Waals surface area contributed by atoms with Gasteiger partial charge >= 0.3 is 17.9 Å². The molecule has 160 valence electrons. The average Bonchev–Trinajstić information content (AvgIpc) is 2.95. The van der Waals surface area contributed by atoms with Crippen LogP contribution >= 0.6 is 0 Å². The maximum Gasteiger partial charge on any atom is 0.315 e. The van der Waals surface area contributed by atoms with Crippen molar-refractivity contribution < 1.29 is 28.6 Å². The summed E-state index contributed by atoms with van der Waals surface area (Å²) in [6, 6.07) is 0. The van der Waals surface area contributed by atoms with E-state index in [2.05, 4.69) is 20.8 Å². The number of esters is 3. The zero-order valence-electron chi connectivity index (χ0n) is 17.8. The van der Waals surface area contributed by atoms with Gasteiger partial charge in [-0.25, -0.2) is 0 Å². The molecule has 0 saturated heterocycles. The fraction of sp³-hybridized carbons (Fsp3) is 0.682. The van der Waals surface area contributed by atoms with Crippen molar-refractivity contribution in [2.45, 2.75) is 82.1 Å². The third-order valence-corrected chi connectivity index (χ3v) is 3.88. The lowest BCUT2D eigenvalue weighted by molar-refractivity contribution is -0.154. The van der Waals surface area contributed by atoms with Gasteiger partial charge in [0, 0.05) is 6.42 Å². The molecule has 0 aromatic heterocycles. The summed E-state index contributed by atoms with van der Waals surface area (Å²) in [7, 11) is 0. The van der Waals surface area contributed by atoms with Crippen molar-refractivity contribution in [2.75, 3.05) is 6.61 Å². The minimum Gasteiger partial charge on any atom is -0.457 e. The van der Waals surface area contributed by atoms with Crippen molar-refractivity contribution in [3.05, 3.63) is 22.7 Å². The van der Waals surface area contributed by atoms with Crippen LogP contribution in [0.4, 0.5) is 0 Å². The minimum absolute atomic E-state index is 0. The van der Waals surface area contributed by atoms with E-state index in [0.717, 1.165) is 23.3 Å². The fourth-order valence-corrected chi connectivity index (χ4v) is 2.32. The molecule has 2 rings (SSSR count). The fourth-order valence-electron chi connectivity index (χ4n) is 2.32. The predicted molar refractivity (Wildman–Crippen MR) is 108 cm³/mol. The molecule has 2 aliphatic heterocycles. The molecule has 0 atom stereocenters. The molecule has 0 spiro atoms. The Kier molecular flexibility index (Phi) is 9.15. The molecule has 6 nitrogen and oxygen atoms in total. The van der Waals surface area contributed by atoms with Crippen LogP contribution in [0.1, 0.15) is 82.1 Å². The van der Waals surface area contributed by atoms with Gasteiger partial charge < -0.3 is 14.2 Å². The number of hydrogen-bond acceptors (Lipinski definition) is 6.